The lowest BCUT2D eigenvalue weighted by molar-refractivity contribution is 0.604. The summed E-state index contributed by atoms with van der Waals surface area (Å²) in [4.78, 5) is 2.74. The van der Waals surface area contributed by atoms with Crippen molar-refractivity contribution >= 4 is 11.3 Å². The van der Waals surface area contributed by atoms with E-state index in [2.05, 4.69) is 58.0 Å². The van der Waals surface area contributed by atoms with Gasteiger partial charge in [0.1, 0.15) is 0 Å². The largest absolute Gasteiger partial charge is 0.326 e. The van der Waals surface area contributed by atoms with Crippen LogP contribution in [0.1, 0.15) is 36.8 Å². The zero-order chi connectivity index (χ0) is 13.3. The average Bonchev–Trinajstić information content (AvgIpc) is 2.77. The highest BCUT2D eigenvalue weighted by Gasteiger charge is 2.17. The van der Waals surface area contributed by atoms with Gasteiger partial charge in [0.2, 0.25) is 0 Å². The third-order valence-corrected chi connectivity index (χ3v) is 4.77. The van der Waals surface area contributed by atoms with Gasteiger partial charge in [0.05, 0.1) is 0 Å². The van der Waals surface area contributed by atoms with E-state index in [4.69, 9.17) is 5.73 Å². The molecule has 2 aromatic rings. The van der Waals surface area contributed by atoms with Crippen LogP contribution in [0.3, 0.4) is 0 Å². The van der Waals surface area contributed by atoms with Crippen LogP contribution in [0.5, 0.6) is 0 Å². The summed E-state index contributed by atoms with van der Waals surface area (Å²) in [6, 6.07) is 10.9. The van der Waals surface area contributed by atoms with Crippen molar-refractivity contribution in [3.63, 3.8) is 0 Å². The Hall–Kier alpha value is -1.12. The highest BCUT2D eigenvalue weighted by atomic mass is 32.1. The van der Waals surface area contributed by atoms with Crippen molar-refractivity contribution < 1.29 is 0 Å². The Morgan fingerprint density at radius 3 is 2.39 bits per heavy atom. The minimum Gasteiger partial charge on any atom is -0.326 e. The summed E-state index contributed by atoms with van der Waals surface area (Å²) < 4.78 is 0. The Labute approximate surface area is 114 Å². The summed E-state index contributed by atoms with van der Waals surface area (Å²) in [6.07, 6.45) is 0. The fraction of sp³-hybridized carbons (Fsp3) is 0.375. The minimum absolute atomic E-state index is 0.218. The van der Waals surface area contributed by atoms with Gasteiger partial charge in [-0.1, -0.05) is 39.0 Å². The summed E-state index contributed by atoms with van der Waals surface area (Å²) in [5, 5.41) is 0. The van der Waals surface area contributed by atoms with Crippen molar-refractivity contribution in [2.75, 3.05) is 0 Å². The van der Waals surface area contributed by atoms with Crippen LogP contribution in [0.15, 0.2) is 30.3 Å². The summed E-state index contributed by atoms with van der Waals surface area (Å²) in [5.74, 6) is 0. The first kappa shape index (κ1) is 13.3. The number of hydrogen-bond acceptors (Lipinski definition) is 2. The van der Waals surface area contributed by atoms with E-state index in [0.717, 1.165) is 0 Å². The number of rotatable bonds is 2. The van der Waals surface area contributed by atoms with E-state index in [1.807, 2.05) is 11.3 Å². The summed E-state index contributed by atoms with van der Waals surface area (Å²) in [5.41, 5.74) is 9.94. The first-order valence-electron chi connectivity index (χ1n) is 6.32. The van der Waals surface area contributed by atoms with Crippen LogP contribution < -0.4 is 5.73 Å². The first-order chi connectivity index (χ1) is 8.43. The Balaban J connectivity index is 2.50. The number of aryl methyl sites for hydroxylation is 1. The fourth-order valence-electron chi connectivity index (χ4n) is 2.09. The molecule has 0 spiro atoms. The number of thiophene rings is 1. The van der Waals surface area contributed by atoms with Gasteiger partial charge in [0.15, 0.2) is 0 Å². The third kappa shape index (κ3) is 2.50. The lowest BCUT2D eigenvalue weighted by Crippen LogP contribution is -2.07. The summed E-state index contributed by atoms with van der Waals surface area (Å²) in [7, 11) is 0. The summed E-state index contributed by atoms with van der Waals surface area (Å²) >= 11 is 1.88. The normalized spacial score (nSPS) is 11.8. The fourth-order valence-corrected chi connectivity index (χ4v) is 3.21. The summed E-state index contributed by atoms with van der Waals surface area (Å²) in [6.45, 7) is 9.49. The number of benzene rings is 1. The molecule has 0 aliphatic rings. The molecule has 2 heteroatoms. The van der Waals surface area contributed by atoms with Crippen LogP contribution in [-0.2, 0) is 12.0 Å². The van der Waals surface area contributed by atoms with Crippen LogP contribution in [0.25, 0.3) is 10.4 Å². The molecule has 0 fully saturated rings. The van der Waals surface area contributed by atoms with Crippen LogP contribution in [0.4, 0.5) is 0 Å². The molecule has 0 aliphatic heterocycles. The molecular weight excluding hydrogens is 238 g/mol. The molecule has 0 unspecified atom stereocenters. The van der Waals surface area contributed by atoms with Crippen LogP contribution >= 0.6 is 11.3 Å². The molecule has 96 valence electrons. The molecule has 0 bridgehead atoms. The van der Waals surface area contributed by atoms with Gasteiger partial charge in [-0.05, 0) is 41.2 Å². The molecule has 0 aliphatic carbocycles. The van der Waals surface area contributed by atoms with Gasteiger partial charge in [-0.15, -0.1) is 11.3 Å². The predicted molar refractivity (Wildman–Crippen MR) is 81.1 cm³/mol. The van der Waals surface area contributed by atoms with Gasteiger partial charge in [-0.25, -0.2) is 0 Å². The van der Waals surface area contributed by atoms with Gasteiger partial charge in [0, 0.05) is 16.3 Å². The molecule has 18 heavy (non-hydrogen) atoms. The van der Waals surface area contributed by atoms with Gasteiger partial charge in [-0.2, -0.15) is 0 Å². The standard InChI is InChI=1S/C16H21NS/c1-11-6-5-7-12(13(11)10-17)14-8-9-15(18-14)16(2,3)4/h5-9H,10,17H2,1-4H3. The lowest BCUT2D eigenvalue weighted by Gasteiger charge is -2.15. The lowest BCUT2D eigenvalue weighted by atomic mass is 9.95. The monoisotopic (exact) mass is 259 g/mol. The highest BCUT2D eigenvalue weighted by Crippen LogP contribution is 2.36. The maximum Gasteiger partial charge on any atom is 0.0349 e. The predicted octanol–water partition coefficient (Wildman–Crippen LogP) is 4.48. The van der Waals surface area contributed by atoms with Crippen molar-refractivity contribution in [1.82, 2.24) is 0 Å². The van der Waals surface area contributed by atoms with Crippen molar-refractivity contribution in [3.8, 4) is 10.4 Å². The van der Waals surface area contributed by atoms with Crippen LogP contribution in [0, 0.1) is 6.92 Å². The number of hydrogen-bond donors (Lipinski definition) is 1. The second kappa shape index (κ2) is 4.87. The SMILES string of the molecule is Cc1cccc(-c2ccc(C(C)(C)C)s2)c1CN. The molecule has 0 saturated heterocycles. The van der Waals surface area contributed by atoms with Crippen LogP contribution in [-0.4, -0.2) is 0 Å². The Kier molecular flexibility index (Phi) is 3.60. The smallest absolute Gasteiger partial charge is 0.0349 e. The Morgan fingerprint density at radius 2 is 1.83 bits per heavy atom. The molecule has 2 N–H and O–H groups in total. The van der Waals surface area contributed by atoms with Gasteiger partial charge in [0.25, 0.3) is 0 Å². The molecule has 0 atom stereocenters. The van der Waals surface area contributed by atoms with Gasteiger partial charge >= 0.3 is 0 Å². The van der Waals surface area contributed by atoms with Crippen LogP contribution in [0.2, 0.25) is 0 Å². The van der Waals surface area contributed by atoms with Gasteiger partial charge < -0.3 is 5.73 Å². The molecule has 2 rings (SSSR count). The van der Waals surface area contributed by atoms with E-state index >= 15 is 0 Å². The molecule has 1 aromatic carbocycles. The molecule has 1 nitrogen and oxygen atoms in total. The zero-order valence-corrected chi connectivity index (χ0v) is 12.4. The Bertz CT molecular complexity index is 546. The highest BCUT2D eigenvalue weighted by molar-refractivity contribution is 7.15. The molecule has 0 saturated carbocycles. The molecular formula is C16H21NS. The van der Waals surface area contributed by atoms with Crippen molar-refractivity contribution in [2.24, 2.45) is 5.73 Å². The Morgan fingerprint density at radius 1 is 1.11 bits per heavy atom. The molecule has 1 heterocycles. The minimum atomic E-state index is 0.218. The quantitative estimate of drug-likeness (QED) is 0.845. The van der Waals surface area contributed by atoms with E-state index in [-0.39, 0.29) is 5.41 Å². The second-order valence-corrected chi connectivity index (χ2v) is 6.80. The third-order valence-electron chi connectivity index (χ3n) is 3.23. The van der Waals surface area contributed by atoms with E-state index in [1.54, 1.807) is 0 Å². The first-order valence-corrected chi connectivity index (χ1v) is 7.14. The molecule has 1 aromatic heterocycles. The number of nitrogens with two attached hydrogens (primary N) is 1. The van der Waals surface area contributed by atoms with Crippen molar-refractivity contribution in [1.29, 1.82) is 0 Å². The van der Waals surface area contributed by atoms with Crippen molar-refractivity contribution in [3.05, 3.63) is 46.3 Å². The zero-order valence-electron chi connectivity index (χ0n) is 11.6. The maximum atomic E-state index is 5.89. The van der Waals surface area contributed by atoms with E-state index in [9.17, 15) is 0 Å². The van der Waals surface area contributed by atoms with E-state index < -0.39 is 0 Å². The van der Waals surface area contributed by atoms with Gasteiger partial charge in [-0.3, -0.25) is 0 Å². The van der Waals surface area contributed by atoms with E-state index in [0.29, 0.717) is 6.54 Å². The molecule has 0 amide bonds. The molecule has 0 radical (unpaired) electrons. The second-order valence-electron chi connectivity index (χ2n) is 5.72. The van der Waals surface area contributed by atoms with Crippen molar-refractivity contribution in [2.45, 2.75) is 39.7 Å². The topological polar surface area (TPSA) is 26.0 Å². The maximum absolute atomic E-state index is 5.89. The average molecular weight is 259 g/mol. The van der Waals surface area contributed by atoms with E-state index in [1.165, 1.54) is 26.4 Å².